The van der Waals surface area contributed by atoms with E-state index in [0.29, 0.717) is 5.69 Å². The second-order valence-electron chi connectivity index (χ2n) is 5.71. The van der Waals surface area contributed by atoms with Gasteiger partial charge in [-0.2, -0.15) is 8.42 Å². The first-order valence-corrected chi connectivity index (χ1v) is 8.93. The Morgan fingerprint density at radius 3 is 2.62 bits per heavy atom. The molecule has 0 fully saturated rings. The molecule has 3 N–H and O–H groups in total. The maximum atomic E-state index is 12.3. The molecule has 0 spiro atoms. The van der Waals surface area contributed by atoms with Crippen molar-refractivity contribution >= 4 is 21.7 Å². The number of fused-ring (bicyclic) bond motifs is 1. The lowest BCUT2D eigenvalue weighted by atomic mass is 9.88. The molecule has 24 heavy (non-hydrogen) atoms. The van der Waals surface area contributed by atoms with Crippen molar-refractivity contribution < 1.29 is 13.2 Å². The van der Waals surface area contributed by atoms with Crippen LogP contribution in [-0.4, -0.2) is 21.5 Å². The summed E-state index contributed by atoms with van der Waals surface area (Å²) < 4.78 is 33.6. The van der Waals surface area contributed by atoms with Gasteiger partial charge in [-0.1, -0.05) is 31.2 Å². The monoisotopic (exact) mass is 345 g/mol. The van der Waals surface area contributed by atoms with Crippen molar-refractivity contribution in [3.63, 3.8) is 0 Å². The highest BCUT2D eigenvalue weighted by molar-refractivity contribution is 7.90. The molecule has 7 heteroatoms. The van der Waals surface area contributed by atoms with E-state index in [9.17, 15) is 8.42 Å². The van der Waals surface area contributed by atoms with Gasteiger partial charge in [0, 0.05) is 11.5 Å². The molecule has 126 valence electrons. The molecular weight excluding hydrogens is 326 g/mol. The Kier molecular flexibility index (Phi) is 3.96. The van der Waals surface area contributed by atoms with Crippen molar-refractivity contribution in [2.75, 3.05) is 12.4 Å². The van der Waals surface area contributed by atoms with Gasteiger partial charge in [0.15, 0.2) is 0 Å². The van der Waals surface area contributed by atoms with Gasteiger partial charge in [-0.25, -0.2) is 0 Å². The van der Waals surface area contributed by atoms with E-state index in [-0.39, 0.29) is 16.8 Å². The molecule has 0 amide bonds. The van der Waals surface area contributed by atoms with Crippen molar-refractivity contribution in [1.82, 2.24) is 0 Å². The minimum absolute atomic E-state index is 0.0929. The van der Waals surface area contributed by atoms with Crippen LogP contribution in [0.1, 0.15) is 29.5 Å². The molecule has 0 aromatic heterocycles. The Morgan fingerprint density at radius 1 is 1.21 bits per heavy atom. The summed E-state index contributed by atoms with van der Waals surface area (Å²) in [7, 11) is -2.18. The third kappa shape index (κ3) is 2.60. The van der Waals surface area contributed by atoms with Gasteiger partial charge in [-0.3, -0.25) is 0 Å². The van der Waals surface area contributed by atoms with Gasteiger partial charge in [0.1, 0.15) is 10.6 Å². The average molecular weight is 345 g/mol. The van der Waals surface area contributed by atoms with Crippen molar-refractivity contribution in [2.45, 2.75) is 24.7 Å². The third-order valence-electron chi connectivity index (χ3n) is 4.21. The largest absolute Gasteiger partial charge is 0.496 e. The second kappa shape index (κ2) is 5.83. The maximum absolute atomic E-state index is 12.3. The summed E-state index contributed by atoms with van der Waals surface area (Å²) >= 11 is 0. The number of nitrogens with zero attached hydrogens (tertiary/aromatic N) is 1. The Hall–Kier alpha value is -2.54. The number of benzene rings is 2. The fourth-order valence-corrected chi connectivity index (χ4v) is 4.18. The molecule has 2 aromatic rings. The van der Waals surface area contributed by atoms with Gasteiger partial charge in [0.25, 0.3) is 10.0 Å². The topological polar surface area (TPSA) is 93.8 Å². The van der Waals surface area contributed by atoms with Crippen LogP contribution in [0.4, 0.5) is 5.69 Å². The van der Waals surface area contributed by atoms with Crippen LogP contribution < -0.4 is 15.8 Å². The molecule has 1 aliphatic heterocycles. The van der Waals surface area contributed by atoms with Crippen LogP contribution in [0.5, 0.6) is 5.75 Å². The summed E-state index contributed by atoms with van der Waals surface area (Å²) in [5.74, 6) is 0.536. The van der Waals surface area contributed by atoms with E-state index in [1.165, 1.54) is 0 Å². The number of nitrogens with one attached hydrogen (secondary N) is 1. The zero-order valence-electron chi connectivity index (χ0n) is 13.7. The second-order valence-corrected chi connectivity index (χ2v) is 7.28. The van der Waals surface area contributed by atoms with Gasteiger partial charge < -0.3 is 15.8 Å². The Balaban J connectivity index is 2.24. The minimum atomic E-state index is -3.79. The number of nitrogens with two attached hydrogens (primary N) is 1. The third-order valence-corrected chi connectivity index (χ3v) is 5.55. The molecule has 2 aromatic carbocycles. The first-order valence-electron chi connectivity index (χ1n) is 7.49. The number of sulfonamides is 1. The van der Waals surface area contributed by atoms with Crippen LogP contribution in [0.25, 0.3) is 0 Å². The molecule has 0 saturated carbocycles. The van der Waals surface area contributed by atoms with Gasteiger partial charge >= 0.3 is 0 Å². The highest BCUT2D eigenvalue weighted by Crippen LogP contribution is 2.41. The number of methoxy groups -OCH3 is 1. The molecule has 0 aliphatic carbocycles. The van der Waals surface area contributed by atoms with E-state index >= 15 is 0 Å². The highest BCUT2D eigenvalue weighted by atomic mass is 32.2. The predicted octanol–water partition coefficient (Wildman–Crippen LogP) is 2.58. The standard InChI is InChI=1S/C17H19N3O3S/c1-10-8-9-14-16(19-17(18)20-24(14,21)22)15(10)11(2)12-6-4-5-7-13(12)23-3/h4-9,11H,1-3H3,(H3,18,19,20)/t11-/m0/s1. The van der Waals surface area contributed by atoms with Crippen molar-refractivity contribution in [3.05, 3.63) is 53.1 Å². The lowest BCUT2D eigenvalue weighted by Gasteiger charge is -2.25. The predicted molar refractivity (Wildman–Crippen MR) is 94.1 cm³/mol. The van der Waals surface area contributed by atoms with Crippen LogP contribution in [0, 0.1) is 6.92 Å². The smallest absolute Gasteiger partial charge is 0.287 e. The number of ether oxygens (including phenoxy) is 1. The van der Waals surface area contributed by atoms with Crippen molar-refractivity contribution in [1.29, 1.82) is 0 Å². The fourth-order valence-electron chi connectivity index (χ4n) is 3.11. The van der Waals surface area contributed by atoms with Crippen LogP contribution in [0.15, 0.2) is 45.7 Å². The van der Waals surface area contributed by atoms with Crippen LogP contribution in [0.2, 0.25) is 0 Å². The first-order chi connectivity index (χ1) is 11.3. The van der Waals surface area contributed by atoms with E-state index < -0.39 is 10.0 Å². The first kappa shape index (κ1) is 16.3. The Morgan fingerprint density at radius 2 is 1.92 bits per heavy atom. The van der Waals surface area contributed by atoms with E-state index in [2.05, 4.69) is 9.71 Å². The highest BCUT2D eigenvalue weighted by Gasteiger charge is 2.29. The molecule has 1 aliphatic rings. The lowest BCUT2D eigenvalue weighted by molar-refractivity contribution is 0.408. The van der Waals surface area contributed by atoms with Crippen LogP contribution in [0.3, 0.4) is 0 Å². The number of guanidine groups is 1. The zero-order chi connectivity index (χ0) is 17.5. The van der Waals surface area contributed by atoms with E-state index in [1.54, 1.807) is 19.2 Å². The van der Waals surface area contributed by atoms with E-state index in [1.807, 2.05) is 38.1 Å². The molecule has 6 nitrogen and oxygen atoms in total. The van der Waals surface area contributed by atoms with Crippen molar-refractivity contribution in [3.8, 4) is 5.75 Å². The molecule has 0 saturated heterocycles. The van der Waals surface area contributed by atoms with Gasteiger partial charge in [-0.15, -0.1) is 4.40 Å². The van der Waals surface area contributed by atoms with Crippen molar-refractivity contribution in [2.24, 2.45) is 10.1 Å². The quantitative estimate of drug-likeness (QED) is 0.892. The summed E-state index contributed by atoms with van der Waals surface area (Å²) in [4.78, 5) is 0.138. The summed E-state index contributed by atoms with van der Waals surface area (Å²) in [5, 5.41) is 2.92. The van der Waals surface area contributed by atoms with E-state index in [4.69, 9.17) is 10.5 Å². The molecular formula is C17H19N3O3S. The number of aryl methyl sites for hydroxylation is 1. The molecule has 1 heterocycles. The Bertz CT molecular complexity index is 936. The summed E-state index contributed by atoms with van der Waals surface area (Å²) in [6, 6.07) is 11.0. The maximum Gasteiger partial charge on any atom is 0.287 e. The summed E-state index contributed by atoms with van der Waals surface area (Å²) in [5.41, 5.74) is 8.95. The number of rotatable bonds is 3. The van der Waals surface area contributed by atoms with Gasteiger partial charge in [-0.05, 0) is 30.2 Å². The number of hydrogen-bond acceptors (Lipinski definition) is 5. The molecule has 3 rings (SSSR count). The van der Waals surface area contributed by atoms with E-state index in [0.717, 1.165) is 22.4 Å². The summed E-state index contributed by atoms with van der Waals surface area (Å²) in [6.45, 7) is 3.95. The molecule has 0 bridgehead atoms. The van der Waals surface area contributed by atoms with Gasteiger partial charge in [0.2, 0.25) is 5.96 Å². The van der Waals surface area contributed by atoms with Gasteiger partial charge in [0.05, 0.1) is 12.8 Å². The number of para-hydroxylation sites is 1. The molecule has 1 atom stereocenters. The molecule has 0 radical (unpaired) electrons. The SMILES string of the molecule is COc1ccccc1[C@H](C)c1c(C)ccc2c1NC(N)=NS2(=O)=O. The lowest BCUT2D eigenvalue weighted by Crippen LogP contribution is -2.30. The molecule has 0 unspecified atom stereocenters. The number of anilines is 1. The average Bonchev–Trinajstić information content (AvgIpc) is 2.53. The fraction of sp³-hybridized carbons (Fsp3) is 0.235. The van der Waals surface area contributed by atoms with Crippen LogP contribution >= 0.6 is 0 Å². The zero-order valence-corrected chi connectivity index (χ0v) is 14.5. The normalized spacial score (nSPS) is 16.5. The number of hydrogen-bond donors (Lipinski definition) is 2. The Labute approximate surface area is 141 Å². The summed E-state index contributed by atoms with van der Waals surface area (Å²) in [6.07, 6.45) is 0. The minimum Gasteiger partial charge on any atom is -0.496 e. The van der Waals surface area contributed by atoms with Crippen LogP contribution in [-0.2, 0) is 10.0 Å².